The lowest BCUT2D eigenvalue weighted by Gasteiger charge is -2.27. The number of allylic oxidation sites excluding steroid dienone is 1. The molecule has 2 aromatic carbocycles. The molecule has 0 aliphatic heterocycles. The Hall–Kier alpha value is -2.10. The van der Waals surface area contributed by atoms with Gasteiger partial charge in [0.15, 0.2) is 0 Å². The Morgan fingerprint density at radius 2 is 1.70 bits per heavy atom. The SMILES string of the molecule is COCC=CC1CCC(c2ccc(C(=O)Oc3ccc(Cl)cc3)cc2)CC1. The van der Waals surface area contributed by atoms with Crippen molar-refractivity contribution in [1.82, 2.24) is 0 Å². The summed E-state index contributed by atoms with van der Waals surface area (Å²) in [4.78, 5) is 12.3. The van der Waals surface area contributed by atoms with Crippen LogP contribution in [0.15, 0.2) is 60.7 Å². The molecular weight excluding hydrogens is 360 g/mol. The second-order valence-electron chi connectivity index (χ2n) is 6.96. The van der Waals surface area contributed by atoms with Gasteiger partial charge in [-0.1, -0.05) is 35.9 Å². The van der Waals surface area contributed by atoms with E-state index in [-0.39, 0.29) is 5.97 Å². The molecule has 0 aromatic heterocycles. The Morgan fingerprint density at radius 1 is 1.04 bits per heavy atom. The van der Waals surface area contributed by atoms with Gasteiger partial charge < -0.3 is 9.47 Å². The summed E-state index contributed by atoms with van der Waals surface area (Å²) in [6, 6.07) is 14.6. The van der Waals surface area contributed by atoms with Crippen LogP contribution in [0.5, 0.6) is 5.75 Å². The van der Waals surface area contributed by atoms with Crippen molar-refractivity contribution in [2.75, 3.05) is 13.7 Å². The highest BCUT2D eigenvalue weighted by molar-refractivity contribution is 6.30. The molecule has 0 saturated heterocycles. The van der Waals surface area contributed by atoms with E-state index in [0.29, 0.717) is 34.8 Å². The zero-order valence-electron chi connectivity index (χ0n) is 15.6. The molecule has 0 heterocycles. The first-order chi connectivity index (χ1) is 13.2. The Bertz CT molecular complexity index is 757. The Labute approximate surface area is 165 Å². The van der Waals surface area contributed by atoms with Gasteiger partial charge in [-0.3, -0.25) is 0 Å². The summed E-state index contributed by atoms with van der Waals surface area (Å²) in [5.74, 6) is 1.37. The molecule has 1 saturated carbocycles. The highest BCUT2D eigenvalue weighted by Gasteiger charge is 2.21. The molecule has 0 unspecified atom stereocenters. The molecule has 4 heteroatoms. The van der Waals surface area contributed by atoms with Crippen molar-refractivity contribution in [3.63, 3.8) is 0 Å². The molecule has 0 amide bonds. The lowest BCUT2D eigenvalue weighted by molar-refractivity contribution is 0.0734. The molecule has 0 atom stereocenters. The summed E-state index contributed by atoms with van der Waals surface area (Å²) >= 11 is 5.85. The molecular formula is C23H25ClO3. The molecule has 2 aromatic rings. The number of benzene rings is 2. The van der Waals surface area contributed by atoms with Crippen molar-refractivity contribution in [2.45, 2.75) is 31.6 Å². The van der Waals surface area contributed by atoms with Crippen LogP contribution >= 0.6 is 11.6 Å². The lowest BCUT2D eigenvalue weighted by atomic mass is 9.78. The molecule has 27 heavy (non-hydrogen) atoms. The first kappa shape index (κ1) is 19.7. The van der Waals surface area contributed by atoms with Crippen LogP contribution in [0.2, 0.25) is 5.02 Å². The van der Waals surface area contributed by atoms with E-state index < -0.39 is 0 Å². The number of halogens is 1. The van der Waals surface area contributed by atoms with E-state index in [2.05, 4.69) is 24.3 Å². The standard InChI is InChI=1S/C23H25ClO3/c1-26-16-2-3-17-4-6-18(7-5-17)19-8-10-20(11-9-19)23(25)27-22-14-12-21(24)13-15-22/h2-3,8-15,17-18H,4-7,16H2,1H3. The predicted molar refractivity (Wildman–Crippen MR) is 109 cm³/mol. The molecule has 3 nitrogen and oxygen atoms in total. The predicted octanol–water partition coefficient (Wildman–Crippen LogP) is 6.04. The minimum atomic E-state index is -0.351. The molecule has 3 rings (SSSR count). The largest absolute Gasteiger partial charge is 0.423 e. The summed E-state index contributed by atoms with van der Waals surface area (Å²) < 4.78 is 10.5. The zero-order valence-corrected chi connectivity index (χ0v) is 16.3. The van der Waals surface area contributed by atoms with Crippen LogP contribution in [0.4, 0.5) is 0 Å². The van der Waals surface area contributed by atoms with Gasteiger partial charge in [0, 0.05) is 12.1 Å². The van der Waals surface area contributed by atoms with Gasteiger partial charge >= 0.3 is 5.97 Å². The number of ether oxygens (including phenoxy) is 2. The number of rotatable bonds is 6. The smallest absolute Gasteiger partial charge is 0.343 e. The normalized spacial score (nSPS) is 19.9. The first-order valence-corrected chi connectivity index (χ1v) is 9.77. The minimum Gasteiger partial charge on any atom is -0.423 e. The first-order valence-electron chi connectivity index (χ1n) is 9.39. The van der Waals surface area contributed by atoms with Gasteiger partial charge in [0.2, 0.25) is 0 Å². The fraction of sp³-hybridized carbons (Fsp3) is 0.348. The maximum Gasteiger partial charge on any atom is 0.343 e. The van der Waals surface area contributed by atoms with E-state index in [0.717, 1.165) is 0 Å². The highest BCUT2D eigenvalue weighted by atomic mass is 35.5. The highest BCUT2D eigenvalue weighted by Crippen LogP contribution is 2.36. The van der Waals surface area contributed by atoms with Crippen molar-refractivity contribution < 1.29 is 14.3 Å². The number of carbonyl (C=O) groups is 1. The monoisotopic (exact) mass is 384 g/mol. The summed E-state index contributed by atoms with van der Waals surface area (Å²) in [5.41, 5.74) is 1.86. The second-order valence-corrected chi connectivity index (χ2v) is 7.40. The van der Waals surface area contributed by atoms with Crippen molar-refractivity contribution in [3.8, 4) is 5.75 Å². The molecule has 1 aliphatic carbocycles. The fourth-order valence-electron chi connectivity index (χ4n) is 3.55. The zero-order chi connectivity index (χ0) is 19.1. The topological polar surface area (TPSA) is 35.5 Å². The summed E-state index contributed by atoms with van der Waals surface area (Å²) in [6.07, 6.45) is 9.16. The number of hydrogen-bond donors (Lipinski definition) is 0. The Kier molecular flexibility index (Phi) is 7.08. The van der Waals surface area contributed by atoms with Gasteiger partial charge in [0.1, 0.15) is 5.75 Å². The van der Waals surface area contributed by atoms with E-state index in [1.54, 1.807) is 31.4 Å². The third-order valence-corrected chi connectivity index (χ3v) is 5.34. The van der Waals surface area contributed by atoms with Gasteiger partial charge in [0.25, 0.3) is 0 Å². The van der Waals surface area contributed by atoms with Crippen molar-refractivity contribution >= 4 is 17.6 Å². The van der Waals surface area contributed by atoms with Crippen LogP contribution in [0.3, 0.4) is 0 Å². The molecule has 0 radical (unpaired) electrons. The van der Waals surface area contributed by atoms with Crippen LogP contribution in [-0.2, 0) is 4.74 Å². The molecule has 0 bridgehead atoms. The van der Waals surface area contributed by atoms with Crippen LogP contribution in [0.25, 0.3) is 0 Å². The van der Waals surface area contributed by atoms with Crippen molar-refractivity contribution in [1.29, 1.82) is 0 Å². The number of hydrogen-bond acceptors (Lipinski definition) is 3. The van der Waals surface area contributed by atoms with E-state index in [1.165, 1.54) is 31.2 Å². The summed E-state index contributed by atoms with van der Waals surface area (Å²) in [7, 11) is 1.72. The third kappa shape index (κ3) is 5.69. The van der Waals surface area contributed by atoms with E-state index in [1.807, 2.05) is 12.1 Å². The molecule has 0 N–H and O–H groups in total. The fourth-order valence-corrected chi connectivity index (χ4v) is 3.68. The van der Waals surface area contributed by atoms with Crippen molar-refractivity contribution in [3.05, 3.63) is 76.8 Å². The Balaban J connectivity index is 1.54. The number of esters is 1. The average Bonchev–Trinajstić information content (AvgIpc) is 2.70. The molecule has 142 valence electrons. The van der Waals surface area contributed by atoms with Gasteiger partial charge in [-0.2, -0.15) is 0 Å². The van der Waals surface area contributed by atoms with Gasteiger partial charge in [-0.25, -0.2) is 4.79 Å². The van der Waals surface area contributed by atoms with Crippen LogP contribution in [0, 0.1) is 5.92 Å². The van der Waals surface area contributed by atoms with E-state index >= 15 is 0 Å². The van der Waals surface area contributed by atoms with E-state index in [9.17, 15) is 4.79 Å². The maximum atomic E-state index is 12.3. The minimum absolute atomic E-state index is 0.351. The van der Waals surface area contributed by atoms with Gasteiger partial charge in [-0.05, 0) is 79.5 Å². The molecule has 0 spiro atoms. The number of methoxy groups -OCH3 is 1. The number of carbonyl (C=O) groups excluding carboxylic acids is 1. The lowest BCUT2D eigenvalue weighted by Crippen LogP contribution is -2.12. The van der Waals surface area contributed by atoms with E-state index in [4.69, 9.17) is 21.1 Å². The quantitative estimate of drug-likeness (QED) is 0.346. The van der Waals surface area contributed by atoms with Crippen LogP contribution < -0.4 is 4.74 Å². The average molecular weight is 385 g/mol. The molecule has 1 fully saturated rings. The summed E-state index contributed by atoms with van der Waals surface area (Å²) in [5, 5.41) is 0.614. The van der Waals surface area contributed by atoms with Crippen LogP contribution in [0.1, 0.15) is 47.5 Å². The maximum absolute atomic E-state index is 12.3. The van der Waals surface area contributed by atoms with Gasteiger partial charge in [-0.15, -0.1) is 0 Å². The summed E-state index contributed by atoms with van der Waals surface area (Å²) in [6.45, 7) is 0.688. The Morgan fingerprint density at radius 3 is 2.33 bits per heavy atom. The molecule has 1 aliphatic rings. The second kappa shape index (κ2) is 9.72. The van der Waals surface area contributed by atoms with Crippen LogP contribution in [-0.4, -0.2) is 19.7 Å². The van der Waals surface area contributed by atoms with Crippen molar-refractivity contribution in [2.24, 2.45) is 5.92 Å². The van der Waals surface area contributed by atoms with Gasteiger partial charge in [0.05, 0.1) is 12.2 Å². The third-order valence-electron chi connectivity index (χ3n) is 5.08.